The molecule has 0 aromatic carbocycles. The van der Waals surface area contributed by atoms with E-state index in [2.05, 4.69) is 16.5 Å². The first-order valence-corrected chi connectivity index (χ1v) is 10.5. The van der Waals surface area contributed by atoms with Gasteiger partial charge < -0.3 is 9.88 Å². The fourth-order valence-corrected chi connectivity index (χ4v) is 4.66. The highest BCUT2D eigenvalue weighted by molar-refractivity contribution is 5.34. The summed E-state index contributed by atoms with van der Waals surface area (Å²) in [5, 5.41) is 1.24. The molecule has 0 spiro atoms. The lowest BCUT2D eigenvalue weighted by atomic mass is 9.93. The molecule has 27 heavy (non-hydrogen) atoms. The van der Waals surface area contributed by atoms with Crippen LogP contribution < -0.4 is 21.8 Å². The average Bonchev–Trinajstić information content (AvgIpc) is 2.64. The van der Waals surface area contributed by atoms with E-state index >= 15 is 0 Å². The minimum atomic E-state index is -0.569. The summed E-state index contributed by atoms with van der Waals surface area (Å²) < 4.78 is 1.69. The van der Waals surface area contributed by atoms with Crippen molar-refractivity contribution in [2.75, 3.05) is 13.1 Å². The Balaban J connectivity index is 1.81. The number of piperidine rings is 1. The second-order valence-electron chi connectivity index (χ2n) is 7.95. The predicted octanol–water partition coefficient (Wildman–Crippen LogP) is 2.05. The average molecular weight is 372 g/mol. The van der Waals surface area contributed by atoms with E-state index in [1.165, 1.54) is 44.9 Å². The molecule has 2 heterocycles. The van der Waals surface area contributed by atoms with Crippen molar-refractivity contribution >= 4 is 12.7 Å². The van der Waals surface area contributed by atoms with Gasteiger partial charge in [-0.1, -0.05) is 50.8 Å². The third-order valence-electron chi connectivity index (χ3n) is 6.15. The highest BCUT2D eigenvalue weighted by Gasteiger charge is 2.27. The molecule has 2 aliphatic rings. The molecular formula is C22H33N3O2. The van der Waals surface area contributed by atoms with E-state index in [4.69, 9.17) is 0 Å². The van der Waals surface area contributed by atoms with Gasteiger partial charge in [-0.25, -0.2) is 0 Å². The van der Waals surface area contributed by atoms with Crippen LogP contribution in [0.15, 0.2) is 21.7 Å². The van der Waals surface area contributed by atoms with Crippen LogP contribution in [0.25, 0.3) is 12.7 Å². The van der Waals surface area contributed by atoms with Gasteiger partial charge >= 0.3 is 11.1 Å². The number of aromatic amines is 1. The molecule has 1 aliphatic heterocycles. The SMILES string of the molecule is C=c1[nH]c(=O)c(=O)n(C2CCN(C3CCCCCCC3)CC2)/c1=C/C=C\C. The molecule has 0 amide bonds. The van der Waals surface area contributed by atoms with Gasteiger partial charge in [0.25, 0.3) is 0 Å². The maximum Gasteiger partial charge on any atom is 0.316 e. The van der Waals surface area contributed by atoms with Crippen LogP contribution in [0.5, 0.6) is 0 Å². The van der Waals surface area contributed by atoms with Gasteiger partial charge in [0.1, 0.15) is 0 Å². The zero-order valence-corrected chi connectivity index (χ0v) is 16.6. The lowest BCUT2D eigenvalue weighted by Gasteiger charge is -2.39. The van der Waals surface area contributed by atoms with Crippen molar-refractivity contribution in [3.05, 3.63) is 43.6 Å². The quantitative estimate of drug-likeness (QED) is 0.828. The number of H-pyrrole nitrogens is 1. The van der Waals surface area contributed by atoms with Crippen LogP contribution in [0, 0.1) is 0 Å². The summed E-state index contributed by atoms with van der Waals surface area (Å²) in [5.41, 5.74) is -1.03. The molecule has 1 saturated heterocycles. The number of rotatable bonds is 3. The number of hydrogen-bond acceptors (Lipinski definition) is 3. The second kappa shape index (κ2) is 9.36. The van der Waals surface area contributed by atoms with Gasteiger partial charge in [-0.05, 0) is 38.7 Å². The van der Waals surface area contributed by atoms with Gasteiger partial charge in [0.05, 0.1) is 10.7 Å². The Labute approximate surface area is 161 Å². The maximum atomic E-state index is 12.6. The van der Waals surface area contributed by atoms with Crippen molar-refractivity contribution in [2.24, 2.45) is 0 Å². The molecule has 5 heteroatoms. The molecule has 1 aliphatic carbocycles. The summed E-state index contributed by atoms with van der Waals surface area (Å²) in [6.07, 6.45) is 16.9. The van der Waals surface area contributed by atoms with E-state index in [1.54, 1.807) is 4.57 Å². The molecule has 2 fully saturated rings. The Morgan fingerprint density at radius 1 is 0.963 bits per heavy atom. The lowest BCUT2D eigenvalue weighted by Crippen LogP contribution is -2.55. The molecule has 0 unspecified atom stereocenters. The van der Waals surface area contributed by atoms with Crippen molar-refractivity contribution < 1.29 is 0 Å². The standard InChI is InChI=1S/C22H33N3O2/c1-3-4-12-20-17(2)23-21(26)22(27)25(20)19-13-15-24(16-14-19)18-10-8-6-5-7-9-11-18/h3-4,12,18-19H,2,5-11,13-16H2,1H3,(H,23,26)/b4-3-,20-12+. The number of nitrogens with one attached hydrogen (secondary N) is 1. The van der Waals surface area contributed by atoms with Crippen LogP contribution in [0.1, 0.15) is 70.8 Å². The lowest BCUT2D eigenvalue weighted by molar-refractivity contribution is 0.113. The monoisotopic (exact) mass is 371 g/mol. The summed E-state index contributed by atoms with van der Waals surface area (Å²) in [4.78, 5) is 29.9. The number of allylic oxidation sites excluding steroid dienone is 2. The van der Waals surface area contributed by atoms with Crippen molar-refractivity contribution in [2.45, 2.75) is 76.8 Å². The Bertz CT molecular complexity index is 864. The minimum Gasteiger partial charge on any atom is -0.316 e. The minimum absolute atomic E-state index is 0.0709. The zero-order chi connectivity index (χ0) is 19.2. The van der Waals surface area contributed by atoms with Crippen molar-refractivity contribution in [1.82, 2.24) is 14.5 Å². The van der Waals surface area contributed by atoms with E-state index in [9.17, 15) is 9.59 Å². The largest absolute Gasteiger partial charge is 0.316 e. The van der Waals surface area contributed by atoms with Gasteiger partial charge in [-0.15, -0.1) is 0 Å². The first-order chi connectivity index (χ1) is 13.1. The smallest absolute Gasteiger partial charge is 0.316 e. The highest BCUT2D eigenvalue weighted by Crippen LogP contribution is 2.27. The molecule has 0 radical (unpaired) electrons. The third-order valence-corrected chi connectivity index (χ3v) is 6.15. The fraction of sp³-hybridized carbons (Fsp3) is 0.636. The topological polar surface area (TPSA) is 58.1 Å². The zero-order valence-electron chi connectivity index (χ0n) is 16.6. The van der Waals surface area contributed by atoms with Crippen molar-refractivity contribution in [1.29, 1.82) is 0 Å². The number of nitrogens with zero attached hydrogens (tertiary/aromatic N) is 2. The van der Waals surface area contributed by atoms with Crippen LogP contribution in [0.3, 0.4) is 0 Å². The van der Waals surface area contributed by atoms with Gasteiger partial charge in [0, 0.05) is 25.2 Å². The van der Waals surface area contributed by atoms with Crippen molar-refractivity contribution in [3.8, 4) is 0 Å². The van der Waals surface area contributed by atoms with E-state index in [1.807, 2.05) is 25.2 Å². The van der Waals surface area contributed by atoms with E-state index in [0.717, 1.165) is 31.3 Å². The first kappa shape index (κ1) is 19.9. The molecule has 1 aromatic rings. The number of likely N-dealkylation sites (tertiary alicyclic amines) is 1. The van der Waals surface area contributed by atoms with Crippen LogP contribution in [0.2, 0.25) is 0 Å². The van der Waals surface area contributed by atoms with Gasteiger partial charge in [-0.2, -0.15) is 0 Å². The van der Waals surface area contributed by atoms with E-state index < -0.39 is 11.1 Å². The number of hydrogen-bond donors (Lipinski definition) is 1. The van der Waals surface area contributed by atoms with Gasteiger partial charge in [0.2, 0.25) is 0 Å². The van der Waals surface area contributed by atoms with Gasteiger partial charge in [0.15, 0.2) is 0 Å². The normalized spacial score (nSPS) is 22.2. The Kier molecular flexibility index (Phi) is 6.89. The predicted molar refractivity (Wildman–Crippen MR) is 111 cm³/mol. The molecule has 0 atom stereocenters. The summed E-state index contributed by atoms with van der Waals surface area (Å²) in [7, 11) is 0. The molecule has 1 N–H and O–H groups in total. The van der Waals surface area contributed by atoms with Crippen LogP contribution in [-0.4, -0.2) is 33.6 Å². The maximum absolute atomic E-state index is 12.6. The van der Waals surface area contributed by atoms with Gasteiger partial charge in [-0.3, -0.25) is 14.2 Å². The van der Waals surface area contributed by atoms with E-state index in [0.29, 0.717) is 11.4 Å². The molecule has 148 valence electrons. The number of aromatic nitrogens is 2. The Morgan fingerprint density at radius 3 is 2.22 bits per heavy atom. The summed E-state index contributed by atoms with van der Waals surface area (Å²) in [6, 6.07) is 0.765. The molecule has 3 rings (SSSR count). The molecule has 5 nitrogen and oxygen atoms in total. The summed E-state index contributed by atoms with van der Waals surface area (Å²) in [5.74, 6) is 0. The summed E-state index contributed by atoms with van der Waals surface area (Å²) >= 11 is 0. The Hall–Kier alpha value is -1.88. The van der Waals surface area contributed by atoms with Crippen LogP contribution in [-0.2, 0) is 0 Å². The molecule has 1 saturated carbocycles. The van der Waals surface area contributed by atoms with Crippen LogP contribution in [0.4, 0.5) is 0 Å². The molecule has 0 bridgehead atoms. The molecular weight excluding hydrogens is 338 g/mol. The first-order valence-electron chi connectivity index (χ1n) is 10.5. The summed E-state index contributed by atoms with van der Waals surface area (Å²) in [6.45, 7) is 7.89. The molecule has 1 aromatic heterocycles. The highest BCUT2D eigenvalue weighted by atomic mass is 16.2. The van der Waals surface area contributed by atoms with Crippen molar-refractivity contribution in [3.63, 3.8) is 0 Å². The van der Waals surface area contributed by atoms with E-state index in [-0.39, 0.29) is 6.04 Å². The van der Waals surface area contributed by atoms with Crippen LogP contribution >= 0.6 is 0 Å². The second-order valence-corrected chi connectivity index (χ2v) is 7.95. The fourth-order valence-electron chi connectivity index (χ4n) is 4.66. The Morgan fingerprint density at radius 2 is 1.59 bits per heavy atom. The third kappa shape index (κ3) is 4.70.